The van der Waals surface area contributed by atoms with Gasteiger partial charge in [-0.1, -0.05) is 32.0 Å². The van der Waals surface area contributed by atoms with Gasteiger partial charge in [0.1, 0.15) is 5.58 Å². The molecule has 0 saturated heterocycles. The topological polar surface area (TPSA) is 83.2 Å². The van der Waals surface area contributed by atoms with Gasteiger partial charge >= 0.3 is 0 Å². The van der Waals surface area contributed by atoms with Gasteiger partial charge in [-0.25, -0.2) is 0 Å². The summed E-state index contributed by atoms with van der Waals surface area (Å²) in [7, 11) is 0. The van der Waals surface area contributed by atoms with Crippen LogP contribution in [0.25, 0.3) is 11.0 Å². The SMILES string of the molecule is CCOc1cc(C2c3c(oc4ccccc4c3=O)C(=O)N2CCCN(CC)CC)ccc1O. The second-order valence-electron chi connectivity index (χ2n) is 8.11. The largest absolute Gasteiger partial charge is 0.504 e. The van der Waals surface area contributed by atoms with E-state index in [0.29, 0.717) is 41.0 Å². The third-order valence-corrected chi connectivity index (χ3v) is 6.24. The fourth-order valence-corrected chi connectivity index (χ4v) is 4.52. The number of carbonyl (C=O) groups excluding carboxylic acids is 1. The number of phenols is 1. The van der Waals surface area contributed by atoms with Gasteiger partial charge in [-0.05, 0) is 62.8 Å². The van der Waals surface area contributed by atoms with Crippen molar-refractivity contribution in [2.24, 2.45) is 0 Å². The number of rotatable bonds is 9. The molecule has 1 aliphatic rings. The van der Waals surface area contributed by atoms with E-state index in [-0.39, 0.29) is 22.8 Å². The van der Waals surface area contributed by atoms with E-state index >= 15 is 0 Å². The first-order valence-corrected chi connectivity index (χ1v) is 11.5. The number of carbonyl (C=O) groups is 1. The molecule has 0 saturated carbocycles. The van der Waals surface area contributed by atoms with Crippen LogP contribution in [-0.2, 0) is 0 Å². The third-order valence-electron chi connectivity index (χ3n) is 6.24. The summed E-state index contributed by atoms with van der Waals surface area (Å²) in [5.41, 5.74) is 1.24. The van der Waals surface area contributed by atoms with Gasteiger partial charge in [0, 0.05) is 6.54 Å². The predicted octanol–water partition coefficient (Wildman–Crippen LogP) is 4.17. The van der Waals surface area contributed by atoms with Gasteiger partial charge in [-0.2, -0.15) is 0 Å². The molecule has 2 heterocycles. The van der Waals surface area contributed by atoms with E-state index in [1.54, 1.807) is 47.4 Å². The average molecular weight is 451 g/mol. The molecule has 2 aromatic carbocycles. The molecular weight excluding hydrogens is 420 g/mol. The lowest BCUT2D eigenvalue weighted by atomic mass is 9.98. The van der Waals surface area contributed by atoms with Crippen LogP contribution in [0.5, 0.6) is 11.5 Å². The summed E-state index contributed by atoms with van der Waals surface area (Å²) in [5.74, 6) is 0.147. The first kappa shape index (κ1) is 22.9. The Morgan fingerprint density at radius 2 is 1.85 bits per heavy atom. The lowest BCUT2D eigenvalue weighted by molar-refractivity contribution is 0.0720. The van der Waals surface area contributed by atoms with E-state index in [1.807, 2.05) is 6.92 Å². The summed E-state index contributed by atoms with van der Waals surface area (Å²) < 4.78 is 11.5. The number of benzene rings is 2. The summed E-state index contributed by atoms with van der Waals surface area (Å²) in [6.45, 7) is 9.66. The molecule has 3 aromatic rings. The molecule has 7 nitrogen and oxygen atoms in total. The number of phenolic OH excluding ortho intramolecular Hbond substituents is 1. The van der Waals surface area contributed by atoms with Crippen molar-refractivity contribution in [3.63, 3.8) is 0 Å². The van der Waals surface area contributed by atoms with E-state index < -0.39 is 6.04 Å². The van der Waals surface area contributed by atoms with Crippen LogP contribution in [0.15, 0.2) is 51.7 Å². The van der Waals surface area contributed by atoms with E-state index in [1.165, 1.54) is 0 Å². The molecule has 0 bridgehead atoms. The lowest BCUT2D eigenvalue weighted by Gasteiger charge is -2.27. The fraction of sp³-hybridized carbons (Fsp3) is 0.385. The Morgan fingerprint density at radius 3 is 2.58 bits per heavy atom. The van der Waals surface area contributed by atoms with Crippen LogP contribution < -0.4 is 10.2 Å². The maximum atomic E-state index is 13.5. The minimum atomic E-state index is -0.607. The number of hydrogen-bond donors (Lipinski definition) is 1. The van der Waals surface area contributed by atoms with Crippen LogP contribution >= 0.6 is 0 Å². The standard InChI is InChI=1S/C26H30N2O5/c1-4-27(5-2)14-9-15-28-23(17-12-13-19(29)21(16-17)32-6-3)22-24(30)18-10-7-8-11-20(18)33-25(22)26(28)31/h7-8,10-13,16,23,29H,4-6,9,14-15H2,1-3H3. The number of nitrogens with zero attached hydrogens (tertiary/aromatic N) is 2. The second kappa shape index (κ2) is 9.67. The van der Waals surface area contributed by atoms with Crippen molar-refractivity contribution in [2.45, 2.75) is 33.2 Å². The minimum absolute atomic E-state index is 0.0174. The number of ether oxygens (including phenoxy) is 1. The summed E-state index contributed by atoms with van der Waals surface area (Å²) in [5, 5.41) is 10.6. The van der Waals surface area contributed by atoms with Crippen molar-refractivity contribution in [1.29, 1.82) is 0 Å². The van der Waals surface area contributed by atoms with Gasteiger partial charge in [0.25, 0.3) is 5.91 Å². The van der Waals surface area contributed by atoms with Crippen LogP contribution in [0.1, 0.15) is 54.9 Å². The van der Waals surface area contributed by atoms with Crippen molar-refractivity contribution in [1.82, 2.24) is 9.80 Å². The van der Waals surface area contributed by atoms with Gasteiger partial charge in [-0.3, -0.25) is 9.59 Å². The van der Waals surface area contributed by atoms with Crippen molar-refractivity contribution >= 4 is 16.9 Å². The Balaban J connectivity index is 1.81. The van der Waals surface area contributed by atoms with Gasteiger partial charge < -0.3 is 24.1 Å². The molecule has 0 fully saturated rings. The Kier molecular flexibility index (Phi) is 6.70. The summed E-state index contributed by atoms with van der Waals surface area (Å²) in [6.07, 6.45) is 0.766. The Bertz CT molecular complexity index is 1220. The fourth-order valence-electron chi connectivity index (χ4n) is 4.52. The highest BCUT2D eigenvalue weighted by Crippen LogP contribution is 2.40. The Hall–Kier alpha value is -3.32. The Labute approximate surface area is 193 Å². The van der Waals surface area contributed by atoms with Crippen LogP contribution in [-0.4, -0.2) is 53.6 Å². The zero-order valence-electron chi connectivity index (χ0n) is 19.3. The van der Waals surface area contributed by atoms with Crippen molar-refractivity contribution < 1.29 is 19.1 Å². The molecule has 1 atom stereocenters. The number of para-hydroxylation sites is 1. The molecule has 1 amide bonds. The molecule has 0 spiro atoms. The summed E-state index contributed by atoms with van der Waals surface area (Å²) in [4.78, 5) is 31.0. The maximum absolute atomic E-state index is 13.5. The van der Waals surface area contributed by atoms with Gasteiger partial charge in [-0.15, -0.1) is 0 Å². The highest BCUT2D eigenvalue weighted by molar-refractivity contribution is 5.99. The lowest BCUT2D eigenvalue weighted by Crippen LogP contribution is -2.33. The van der Waals surface area contributed by atoms with Crippen molar-refractivity contribution in [3.05, 3.63) is 69.6 Å². The van der Waals surface area contributed by atoms with E-state index in [2.05, 4.69) is 18.7 Å². The quantitative estimate of drug-likeness (QED) is 0.527. The number of amides is 1. The van der Waals surface area contributed by atoms with E-state index in [4.69, 9.17) is 9.15 Å². The van der Waals surface area contributed by atoms with Crippen LogP contribution in [0.2, 0.25) is 0 Å². The highest BCUT2D eigenvalue weighted by Gasteiger charge is 2.42. The first-order valence-electron chi connectivity index (χ1n) is 11.5. The molecule has 7 heteroatoms. The average Bonchev–Trinajstić information content (AvgIpc) is 3.10. The zero-order chi connectivity index (χ0) is 23.5. The molecule has 0 radical (unpaired) electrons. The number of hydrogen-bond acceptors (Lipinski definition) is 6. The summed E-state index contributed by atoms with van der Waals surface area (Å²) >= 11 is 0. The number of fused-ring (bicyclic) bond motifs is 2. The van der Waals surface area contributed by atoms with Crippen molar-refractivity contribution in [2.75, 3.05) is 32.8 Å². The normalized spacial score (nSPS) is 15.5. The van der Waals surface area contributed by atoms with Gasteiger partial charge in [0.05, 0.1) is 23.6 Å². The van der Waals surface area contributed by atoms with Crippen LogP contribution in [0.3, 0.4) is 0 Å². The third kappa shape index (κ3) is 4.20. The molecule has 1 unspecified atom stereocenters. The monoisotopic (exact) mass is 450 g/mol. The van der Waals surface area contributed by atoms with Crippen molar-refractivity contribution in [3.8, 4) is 11.5 Å². The highest BCUT2D eigenvalue weighted by atomic mass is 16.5. The van der Waals surface area contributed by atoms with E-state index in [9.17, 15) is 14.7 Å². The molecule has 4 rings (SSSR count). The Morgan fingerprint density at radius 1 is 1.09 bits per heavy atom. The van der Waals surface area contributed by atoms with Crippen LogP contribution in [0, 0.1) is 0 Å². The molecular formula is C26H30N2O5. The maximum Gasteiger partial charge on any atom is 0.290 e. The molecule has 1 aromatic heterocycles. The second-order valence-corrected chi connectivity index (χ2v) is 8.11. The van der Waals surface area contributed by atoms with Gasteiger partial charge in [0.15, 0.2) is 16.9 Å². The van der Waals surface area contributed by atoms with Gasteiger partial charge in [0.2, 0.25) is 5.76 Å². The predicted molar refractivity (Wildman–Crippen MR) is 127 cm³/mol. The molecule has 174 valence electrons. The molecule has 33 heavy (non-hydrogen) atoms. The smallest absolute Gasteiger partial charge is 0.290 e. The number of aromatic hydroxyl groups is 1. The minimum Gasteiger partial charge on any atom is -0.504 e. The first-order chi connectivity index (χ1) is 16.0. The molecule has 1 aliphatic heterocycles. The van der Waals surface area contributed by atoms with Crippen LogP contribution in [0.4, 0.5) is 0 Å². The molecule has 0 aliphatic carbocycles. The van der Waals surface area contributed by atoms with E-state index in [0.717, 1.165) is 26.1 Å². The molecule has 1 N–H and O–H groups in total. The zero-order valence-corrected chi connectivity index (χ0v) is 19.3. The summed E-state index contributed by atoms with van der Waals surface area (Å²) in [6, 6.07) is 11.4.